The largest absolute Gasteiger partial charge is 0.497 e. The van der Waals surface area contributed by atoms with E-state index >= 15 is 0 Å². The van der Waals surface area contributed by atoms with Gasteiger partial charge >= 0.3 is 12.1 Å². The number of hydrogen-bond donors (Lipinski definition) is 2. The lowest BCUT2D eigenvalue weighted by Crippen LogP contribution is -2.35. The van der Waals surface area contributed by atoms with E-state index < -0.39 is 42.5 Å². The van der Waals surface area contributed by atoms with Gasteiger partial charge in [0.2, 0.25) is 11.7 Å². The van der Waals surface area contributed by atoms with Crippen molar-refractivity contribution >= 4 is 46.7 Å². The molecule has 0 saturated carbocycles. The van der Waals surface area contributed by atoms with E-state index in [0.29, 0.717) is 32.6 Å². The molecule has 252 valence electrons. The second kappa shape index (κ2) is 14.8. The number of aliphatic carboxylic acids is 1. The minimum Gasteiger partial charge on any atom is -0.497 e. The Balaban J connectivity index is 1.24. The number of halogens is 5. The molecule has 1 heterocycles. The van der Waals surface area contributed by atoms with Crippen LogP contribution in [0, 0.1) is 0 Å². The Hall–Kier alpha value is -5.40. The normalized spacial score (nSPS) is 11.2. The predicted octanol–water partition coefficient (Wildman–Crippen LogP) is 7.65. The van der Waals surface area contributed by atoms with Crippen LogP contribution in [-0.4, -0.2) is 51.6 Å². The number of alkyl halides is 3. The van der Waals surface area contributed by atoms with Crippen LogP contribution < -0.4 is 10.1 Å². The van der Waals surface area contributed by atoms with E-state index in [1.54, 1.807) is 42.5 Å². The maximum Gasteiger partial charge on any atom is 0.416 e. The predicted molar refractivity (Wildman–Crippen MR) is 174 cm³/mol. The maximum atomic E-state index is 13.5. The molecule has 10 nitrogen and oxygen atoms in total. The lowest BCUT2D eigenvalue weighted by molar-refractivity contribution is -0.139. The third kappa shape index (κ3) is 8.75. The van der Waals surface area contributed by atoms with Gasteiger partial charge in [0.25, 0.3) is 11.8 Å². The van der Waals surface area contributed by atoms with Crippen molar-refractivity contribution in [2.75, 3.05) is 19.0 Å². The summed E-state index contributed by atoms with van der Waals surface area (Å²) in [6.07, 6.45) is -5.25. The lowest BCUT2D eigenvalue weighted by atomic mass is 10.0. The molecule has 0 aliphatic rings. The van der Waals surface area contributed by atoms with Crippen molar-refractivity contribution in [3.05, 3.63) is 117 Å². The minimum atomic E-state index is -4.69. The van der Waals surface area contributed by atoms with Gasteiger partial charge in [0.1, 0.15) is 12.3 Å². The summed E-state index contributed by atoms with van der Waals surface area (Å²) in [5.41, 5.74) is 0.937. The molecular weight excluding hydrogens is 688 g/mol. The van der Waals surface area contributed by atoms with Gasteiger partial charge in [-0.3, -0.25) is 14.4 Å². The number of ether oxygens (including phenoxy) is 1. The highest BCUT2D eigenvalue weighted by atomic mass is 35.5. The molecule has 0 unspecified atom stereocenters. The van der Waals surface area contributed by atoms with E-state index in [0.717, 1.165) is 11.0 Å². The number of carboxylic acid groups (broad SMARTS) is 1. The van der Waals surface area contributed by atoms with Gasteiger partial charge in [-0.1, -0.05) is 46.6 Å². The third-order valence-electron chi connectivity index (χ3n) is 7.18. The molecule has 2 N–H and O–H groups in total. The molecule has 0 bridgehead atoms. The van der Waals surface area contributed by atoms with Gasteiger partial charge in [-0.2, -0.15) is 18.2 Å². The minimum absolute atomic E-state index is 0.00475. The first kappa shape index (κ1) is 34.9. The SMILES string of the molecule is COc1ccc(CC(=O)Nc2ccc(C(=O)N(CC(=O)O)Cc3ccc(-c4nc(-c5ccc(Cl)c(Cl)c5)no4)cc3)cc2)c(C(F)(F)F)c1. The molecule has 0 radical (unpaired) electrons. The van der Waals surface area contributed by atoms with Crippen LogP contribution in [0.3, 0.4) is 0 Å². The molecule has 49 heavy (non-hydrogen) atoms. The first-order valence-electron chi connectivity index (χ1n) is 14.3. The number of benzene rings is 4. The maximum absolute atomic E-state index is 13.5. The smallest absolute Gasteiger partial charge is 0.416 e. The fourth-order valence-corrected chi connectivity index (χ4v) is 5.08. The Morgan fingerprint density at radius 2 is 1.61 bits per heavy atom. The van der Waals surface area contributed by atoms with Crippen LogP contribution >= 0.6 is 23.2 Å². The molecule has 0 aliphatic carbocycles. The van der Waals surface area contributed by atoms with E-state index in [9.17, 15) is 32.7 Å². The molecule has 1 aromatic heterocycles. The Morgan fingerprint density at radius 3 is 2.24 bits per heavy atom. The molecule has 0 atom stereocenters. The second-order valence-corrected chi connectivity index (χ2v) is 11.4. The number of hydrogen-bond acceptors (Lipinski definition) is 7. The van der Waals surface area contributed by atoms with Gasteiger partial charge in [-0.25, -0.2) is 0 Å². The van der Waals surface area contributed by atoms with Crippen LogP contribution in [0.5, 0.6) is 5.75 Å². The number of nitrogens with zero attached hydrogens (tertiary/aromatic N) is 3. The summed E-state index contributed by atoms with van der Waals surface area (Å²) < 4.78 is 50.8. The number of amides is 2. The number of anilines is 1. The summed E-state index contributed by atoms with van der Waals surface area (Å²) in [5.74, 6) is -2.01. The summed E-state index contributed by atoms with van der Waals surface area (Å²) in [4.78, 5) is 43.1. The summed E-state index contributed by atoms with van der Waals surface area (Å²) in [6, 6.07) is 20.6. The molecule has 5 rings (SSSR count). The molecule has 0 aliphatic heterocycles. The molecule has 5 aromatic rings. The average molecular weight is 713 g/mol. The first-order valence-corrected chi connectivity index (χ1v) is 15.1. The Morgan fingerprint density at radius 1 is 0.918 bits per heavy atom. The average Bonchev–Trinajstić information content (AvgIpc) is 3.56. The van der Waals surface area contributed by atoms with Crippen molar-refractivity contribution in [1.82, 2.24) is 15.0 Å². The van der Waals surface area contributed by atoms with Crippen LogP contribution in [0.15, 0.2) is 89.5 Å². The van der Waals surface area contributed by atoms with Crippen LogP contribution in [0.25, 0.3) is 22.8 Å². The number of carbonyl (C=O) groups is 3. The van der Waals surface area contributed by atoms with E-state index in [2.05, 4.69) is 15.5 Å². The van der Waals surface area contributed by atoms with Crippen molar-refractivity contribution in [3.63, 3.8) is 0 Å². The van der Waals surface area contributed by atoms with Crippen molar-refractivity contribution < 1.29 is 41.9 Å². The Labute approximate surface area is 287 Å². The number of methoxy groups -OCH3 is 1. The molecule has 0 saturated heterocycles. The molecule has 0 fully saturated rings. The quantitative estimate of drug-likeness (QED) is 0.143. The molecular formula is C34H25Cl2F3N4O6. The summed E-state index contributed by atoms with van der Waals surface area (Å²) in [6.45, 7) is -0.648. The van der Waals surface area contributed by atoms with E-state index in [-0.39, 0.29) is 35.0 Å². The molecule has 0 spiro atoms. The highest BCUT2D eigenvalue weighted by Gasteiger charge is 2.34. The summed E-state index contributed by atoms with van der Waals surface area (Å²) in [7, 11) is 1.24. The fraction of sp³-hybridized carbons (Fsp3) is 0.147. The standard InChI is InChI=1S/C34H25Cl2F3N4O6/c1-48-25-12-8-22(26(16-25)34(37,38)39)15-29(44)40-24-10-6-21(7-11-24)33(47)43(18-30(45)46)17-19-2-4-20(5-3-19)32-41-31(42-49-32)23-9-13-27(35)28(36)14-23/h2-14,16H,15,17-18H2,1H3,(H,40,44)(H,45,46). The summed E-state index contributed by atoms with van der Waals surface area (Å²) >= 11 is 12.1. The Kier molecular flexibility index (Phi) is 10.5. The first-order chi connectivity index (χ1) is 23.3. The van der Waals surface area contributed by atoms with E-state index in [1.165, 1.54) is 43.5 Å². The monoisotopic (exact) mass is 712 g/mol. The third-order valence-corrected chi connectivity index (χ3v) is 7.92. The van der Waals surface area contributed by atoms with Crippen molar-refractivity contribution in [3.8, 4) is 28.6 Å². The van der Waals surface area contributed by atoms with Crippen LogP contribution in [-0.2, 0) is 28.7 Å². The zero-order valence-electron chi connectivity index (χ0n) is 25.4. The molecule has 2 amide bonds. The number of carbonyl (C=O) groups excluding carboxylic acids is 2. The van der Waals surface area contributed by atoms with Gasteiger partial charge in [-0.15, -0.1) is 0 Å². The van der Waals surface area contributed by atoms with Crippen LogP contribution in [0.1, 0.15) is 27.0 Å². The summed E-state index contributed by atoms with van der Waals surface area (Å²) in [5, 5.41) is 16.7. The highest BCUT2D eigenvalue weighted by Crippen LogP contribution is 2.35. The second-order valence-electron chi connectivity index (χ2n) is 10.6. The van der Waals surface area contributed by atoms with E-state index in [1.807, 2.05) is 0 Å². The van der Waals surface area contributed by atoms with Gasteiger partial charge in [0.05, 0.1) is 29.1 Å². The topological polar surface area (TPSA) is 135 Å². The fourth-order valence-electron chi connectivity index (χ4n) is 4.79. The van der Waals surface area contributed by atoms with Crippen molar-refractivity contribution in [2.24, 2.45) is 0 Å². The zero-order valence-corrected chi connectivity index (χ0v) is 26.9. The number of aromatic nitrogens is 2. The van der Waals surface area contributed by atoms with Crippen LogP contribution in [0.4, 0.5) is 18.9 Å². The molecule has 15 heteroatoms. The Bertz CT molecular complexity index is 2000. The van der Waals surface area contributed by atoms with Crippen molar-refractivity contribution in [1.29, 1.82) is 0 Å². The number of carboxylic acids is 1. The van der Waals surface area contributed by atoms with Gasteiger partial charge in [-0.05, 0) is 77.9 Å². The highest BCUT2D eigenvalue weighted by molar-refractivity contribution is 6.42. The van der Waals surface area contributed by atoms with Crippen molar-refractivity contribution in [2.45, 2.75) is 19.1 Å². The van der Waals surface area contributed by atoms with E-state index in [4.69, 9.17) is 32.5 Å². The van der Waals surface area contributed by atoms with Gasteiger partial charge in [0, 0.05) is 28.9 Å². The van der Waals surface area contributed by atoms with Gasteiger partial charge < -0.3 is 24.6 Å². The zero-order chi connectivity index (χ0) is 35.3. The molecule has 4 aromatic carbocycles. The number of rotatable bonds is 11. The van der Waals surface area contributed by atoms with Gasteiger partial charge in [0.15, 0.2) is 0 Å². The lowest BCUT2D eigenvalue weighted by Gasteiger charge is -2.21. The van der Waals surface area contributed by atoms with Crippen LogP contribution in [0.2, 0.25) is 10.0 Å². The number of nitrogens with one attached hydrogen (secondary N) is 1.